The van der Waals surface area contributed by atoms with Crippen LogP contribution < -0.4 is 14.8 Å². The second kappa shape index (κ2) is 4.56. The Morgan fingerprint density at radius 1 is 1.58 bits per heavy atom. The zero-order valence-corrected chi connectivity index (χ0v) is 7.20. The van der Waals surface area contributed by atoms with Gasteiger partial charge in [0, 0.05) is 6.20 Å². The highest BCUT2D eigenvalue weighted by molar-refractivity contribution is 5.32. The number of nitrogens with zero attached hydrogens (tertiary/aromatic N) is 1. The highest BCUT2D eigenvalue weighted by Gasteiger charge is 2.01. The molecule has 0 aromatic carbocycles. The topological polar surface area (TPSA) is 43.4 Å². The van der Waals surface area contributed by atoms with Crippen LogP contribution in [-0.4, -0.2) is 25.9 Å². The lowest BCUT2D eigenvalue weighted by molar-refractivity contribution is 0.272. The van der Waals surface area contributed by atoms with Crippen LogP contribution in [0.1, 0.15) is 0 Å². The summed E-state index contributed by atoms with van der Waals surface area (Å²) in [5.74, 6) is 1.15. The predicted molar refractivity (Wildman–Crippen MR) is 45.3 cm³/mol. The number of hydrogen-bond acceptors (Lipinski definition) is 4. The summed E-state index contributed by atoms with van der Waals surface area (Å²) in [6, 6.07) is 3.61. The van der Waals surface area contributed by atoms with Crippen molar-refractivity contribution in [2.75, 3.05) is 20.9 Å². The smallest absolute Gasteiger partial charge is 0.256 e. The van der Waals surface area contributed by atoms with E-state index in [1.807, 2.05) is 13.1 Å². The minimum Gasteiger partial charge on any atom is -0.478 e. The first kappa shape index (κ1) is 8.80. The lowest BCUT2D eigenvalue weighted by Gasteiger charge is -2.07. The van der Waals surface area contributed by atoms with Gasteiger partial charge in [-0.1, -0.05) is 0 Å². The van der Waals surface area contributed by atoms with Crippen LogP contribution in [0.25, 0.3) is 0 Å². The average molecular weight is 168 g/mol. The Hall–Kier alpha value is -1.29. The lowest BCUT2D eigenvalue weighted by Crippen LogP contribution is -2.14. The van der Waals surface area contributed by atoms with Crippen LogP contribution in [0.5, 0.6) is 11.6 Å². The Balaban J connectivity index is 2.68. The fourth-order valence-electron chi connectivity index (χ4n) is 0.789. The minimum absolute atomic E-state index is 0.446. The van der Waals surface area contributed by atoms with E-state index in [1.165, 1.54) is 0 Å². The summed E-state index contributed by atoms with van der Waals surface area (Å²) in [7, 11) is 3.37. The van der Waals surface area contributed by atoms with Gasteiger partial charge in [0.05, 0.1) is 7.11 Å². The summed E-state index contributed by atoms with van der Waals surface area (Å²) in [4.78, 5) is 3.98. The van der Waals surface area contributed by atoms with Crippen molar-refractivity contribution in [3.8, 4) is 11.6 Å². The standard InChI is InChI=1S/C8H12N2O2/c1-9-6-12-7-4-3-5-10-8(7)11-2/h3-5,9H,6H2,1-2H3. The first-order valence-electron chi connectivity index (χ1n) is 3.65. The first-order chi connectivity index (χ1) is 5.88. The molecule has 0 saturated carbocycles. The number of nitrogens with one attached hydrogen (secondary N) is 1. The maximum atomic E-state index is 5.28. The van der Waals surface area contributed by atoms with Gasteiger partial charge in [-0.05, 0) is 19.2 Å². The summed E-state index contributed by atoms with van der Waals surface area (Å²) in [5.41, 5.74) is 0. The molecule has 0 saturated heterocycles. The monoisotopic (exact) mass is 168 g/mol. The molecule has 0 atom stereocenters. The highest BCUT2D eigenvalue weighted by Crippen LogP contribution is 2.21. The van der Waals surface area contributed by atoms with Gasteiger partial charge in [-0.3, -0.25) is 5.32 Å². The van der Waals surface area contributed by atoms with Gasteiger partial charge in [0.25, 0.3) is 5.88 Å². The highest BCUT2D eigenvalue weighted by atomic mass is 16.5. The maximum absolute atomic E-state index is 5.28. The molecule has 66 valence electrons. The van der Waals surface area contributed by atoms with Crippen molar-refractivity contribution in [2.24, 2.45) is 0 Å². The van der Waals surface area contributed by atoms with Crippen LogP contribution in [0.3, 0.4) is 0 Å². The Kier molecular flexibility index (Phi) is 3.35. The molecule has 0 spiro atoms. The largest absolute Gasteiger partial charge is 0.478 e. The molecule has 0 aliphatic carbocycles. The van der Waals surface area contributed by atoms with Gasteiger partial charge in [-0.25, -0.2) is 4.98 Å². The maximum Gasteiger partial charge on any atom is 0.256 e. The van der Waals surface area contributed by atoms with Crippen LogP contribution in [0.15, 0.2) is 18.3 Å². The fourth-order valence-corrected chi connectivity index (χ4v) is 0.789. The van der Waals surface area contributed by atoms with Crippen LogP contribution in [0.2, 0.25) is 0 Å². The van der Waals surface area contributed by atoms with E-state index in [0.29, 0.717) is 18.4 Å². The first-order valence-corrected chi connectivity index (χ1v) is 3.65. The summed E-state index contributed by atoms with van der Waals surface area (Å²) in [5, 5.41) is 2.86. The molecule has 1 aromatic rings. The van der Waals surface area contributed by atoms with Gasteiger partial charge in [-0.15, -0.1) is 0 Å². The van der Waals surface area contributed by atoms with Crippen molar-refractivity contribution in [2.45, 2.75) is 0 Å². The molecule has 1 aromatic heterocycles. The summed E-state index contributed by atoms with van der Waals surface area (Å²) < 4.78 is 10.3. The lowest BCUT2D eigenvalue weighted by atomic mass is 10.4. The molecule has 0 fully saturated rings. The Morgan fingerprint density at radius 2 is 2.42 bits per heavy atom. The van der Waals surface area contributed by atoms with E-state index in [1.54, 1.807) is 19.4 Å². The zero-order chi connectivity index (χ0) is 8.81. The quantitative estimate of drug-likeness (QED) is 0.670. The number of aromatic nitrogens is 1. The molecule has 0 radical (unpaired) electrons. The zero-order valence-electron chi connectivity index (χ0n) is 7.20. The average Bonchev–Trinajstić information content (AvgIpc) is 2.15. The van der Waals surface area contributed by atoms with E-state index in [4.69, 9.17) is 9.47 Å². The molecule has 0 bridgehead atoms. The van der Waals surface area contributed by atoms with Crippen molar-refractivity contribution in [3.05, 3.63) is 18.3 Å². The summed E-state index contributed by atoms with van der Waals surface area (Å²) in [6.07, 6.45) is 1.66. The Bertz CT molecular complexity index is 240. The molecule has 0 aliphatic rings. The molecule has 4 heteroatoms. The van der Waals surface area contributed by atoms with E-state index >= 15 is 0 Å². The number of methoxy groups -OCH3 is 1. The minimum atomic E-state index is 0.446. The van der Waals surface area contributed by atoms with Gasteiger partial charge < -0.3 is 9.47 Å². The van der Waals surface area contributed by atoms with Crippen molar-refractivity contribution in [1.82, 2.24) is 10.3 Å². The Morgan fingerprint density at radius 3 is 3.08 bits per heavy atom. The van der Waals surface area contributed by atoms with Crippen molar-refractivity contribution in [3.63, 3.8) is 0 Å². The summed E-state index contributed by atoms with van der Waals surface area (Å²) in [6.45, 7) is 0.446. The molecule has 12 heavy (non-hydrogen) atoms. The van der Waals surface area contributed by atoms with Crippen molar-refractivity contribution >= 4 is 0 Å². The molecule has 0 aliphatic heterocycles. The van der Waals surface area contributed by atoms with Gasteiger partial charge in [0.15, 0.2) is 5.75 Å². The molecule has 1 rings (SSSR count). The van der Waals surface area contributed by atoms with Crippen LogP contribution in [0, 0.1) is 0 Å². The van der Waals surface area contributed by atoms with E-state index in [0.717, 1.165) is 0 Å². The fraction of sp³-hybridized carbons (Fsp3) is 0.375. The molecule has 0 amide bonds. The number of hydrogen-bond donors (Lipinski definition) is 1. The third kappa shape index (κ3) is 2.10. The Labute approximate surface area is 71.5 Å². The van der Waals surface area contributed by atoms with Gasteiger partial charge >= 0.3 is 0 Å². The second-order valence-corrected chi connectivity index (χ2v) is 2.15. The number of pyridine rings is 1. The van der Waals surface area contributed by atoms with Crippen molar-refractivity contribution < 1.29 is 9.47 Å². The summed E-state index contributed by atoms with van der Waals surface area (Å²) >= 11 is 0. The molecular weight excluding hydrogens is 156 g/mol. The van der Waals surface area contributed by atoms with E-state index in [-0.39, 0.29) is 0 Å². The molecule has 4 nitrogen and oxygen atoms in total. The van der Waals surface area contributed by atoms with Crippen LogP contribution >= 0.6 is 0 Å². The SMILES string of the molecule is CNCOc1cccnc1OC. The van der Waals surface area contributed by atoms with E-state index in [9.17, 15) is 0 Å². The normalized spacial score (nSPS) is 9.50. The molecule has 1 heterocycles. The van der Waals surface area contributed by atoms with Crippen LogP contribution in [0.4, 0.5) is 0 Å². The van der Waals surface area contributed by atoms with E-state index in [2.05, 4.69) is 10.3 Å². The third-order valence-corrected chi connectivity index (χ3v) is 1.30. The van der Waals surface area contributed by atoms with Gasteiger partial charge in [-0.2, -0.15) is 0 Å². The third-order valence-electron chi connectivity index (χ3n) is 1.30. The molecule has 0 unspecified atom stereocenters. The van der Waals surface area contributed by atoms with E-state index < -0.39 is 0 Å². The number of rotatable bonds is 4. The molecule has 1 N–H and O–H groups in total. The number of ether oxygens (including phenoxy) is 2. The van der Waals surface area contributed by atoms with Crippen LogP contribution in [-0.2, 0) is 0 Å². The molecular formula is C8H12N2O2. The van der Waals surface area contributed by atoms with Gasteiger partial charge in [0.2, 0.25) is 0 Å². The van der Waals surface area contributed by atoms with Crippen molar-refractivity contribution in [1.29, 1.82) is 0 Å². The predicted octanol–water partition coefficient (Wildman–Crippen LogP) is 0.646. The van der Waals surface area contributed by atoms with Gasteiger partial charge in [0.1, 0.15) is 6.73 Å². The second-order valence-electron chi connectivity index (χ2n) is 2.15.